The monoisotopic (exact) mass is 290 g/mol. The first-order valence-corrected chi connectivity index (χ1v) is 6.79. The van der Waals surface area contributed by atoms with Crippen LogP contribution >= 0.6 is 0 Å². The first-order valence-electron chi connectivity index (χ1n) is 4.97. The van der Waals surface area contributed by atoms with Crippen molar-refractivity contribution in [2.45, 2.75) is 6.42 Å². The Balaban J connectivity index is 3.08. The lowest BCUT2D eigenvalue weighted by molar-refractivity contribution is -0.395. The number of nitro benzene ring substituents is 2. The quantitative estimate of drug-likeness (QED) is 0.434. The van der Waals surface area contributed by atoms with Gasteiger partial charge >= 0.3 is 0 Å². The van der Waals surface area contributed by atoms with Crippen molar-refractivity contribution in [3.05, 3.63) is 44.0 Å². The molecule has 0 spiro atoms. The third kappa shape index (κ3) is 4.26. The Morgan fingerprint density at radius 1 is 1.16 bits per heavy atom. The highest BCUT2D eigenvalue weighted by Gasteiger charge is 2.24. The Morgan fingerprint density at radius 2 is 1.63 bits per heavy atom. The molecule has 0 aromatic heterocycles. The van der Waals surface area contributed by atoms with Gasteiger partial charge in [0.25, 0.3) is 21.5 Å². The number of nitrogens with zero attached hydrogens (tertiary/aromatic N) is 2. The molecule has 1 rings (SSSR count). The van der Waals surface area contributed by atoms with Crippen LogP contribution in [0.1, 0.15) is 5.56 Å². The number of rotatable bonds is 6. The third-order valence-corrected chi connectivity index (χ3v) is 2.76. The molecule has 19 heavy (non-hydrogen) atoms. The lowest BCUT2D eigenvalue weighted by Crippen LogP contribution is -2.09. The van der Waals surface area contributed by atoms with E-state index in [0.29, 0.717) is 0 Å². The van der Waals surface area contributed by atoms with Gasteiger partial charge in [0, 0.05) is 18.6 Å². The molecule has 0 heterocycles. The Morgan fingerprint density at radius 3 is 2.00 bits per heavy atom. The van der Waals surface area contributed by atoms with Crippen molar-refractivity contribution in [2.75, 3.05) is 12.9 Å². The van der Waals surface area contributed by atoms with Crippen molar-refractivity contribution >= 4 is 21.5 Å². The average molecular weight is 290 g/mol. The Hall–Kier alpha value is -2.07. The fourth-order valence-electron chi connectivity index (χ4n) is 1.46. The van der Waals surface area contributed by atoms with E-state index in [1.807, 2.05) is 0 Å². The highest BCUT2D eigenvalue weighted by atomic mass is 32.2. The summed E-state index contributed by atoms with van der Waals surface area (Å²) in [6, 6.07) is 3.42. The van der Waals surface area contributed by atoms with E-state index in [-0.39, 0.29) is 12.0 Å². The number of hydrogen-bond donors (Lipinski definition) is 0. The molecule has 0 aliphatic rings. The van der Waals surface area contributed by atoms with Gasteiger partial charge in [-0.05, 0) is 6.07 Å². The molecule has 104 valence electrons. The summed E-state index contributed by atoms with van der Waals surface area (Å²) in [5, 5.41) is 21.6. The van der Waals surface area contributed by atoms with Gasteiger partial charge in [-0.2, -0.15) is 8.42 Å². The molecule has 0 aliphatic heterocycles. The van der Waals surface area contributed by atoms with Gasteiger partial charge in [0.1, 0.15) is 5.56 Å². The zero-order chi connectivity index (χ0) is 14.6. The SMILES string of the molecule is CS(=O)(=O)OCCc1c([N+](=O)[O-])cccc1[N+](=O)[O-]. The van der Waals surface area contributed by atoms with Crippen LogP contribution in [0.25, 0.3) is 0 Å². The highest BCUT2D eigenvalue weighted by molar-refractivity contribution is 7.85. The number of hydrogen-bond acceptors (Lipinski definition) is 7. The summed E-state index contributed by atoms with van der Waals surface area (Å²) in [5.41, 5.74) is -1.04. The van der Waals surface area contributed by atoms with Crippen LogP contribution in [0.2, 0.25) is 0 Å². The summed E-state index contributed by atoms with van der Waals surface area (Å²) in [4.78, 5) is 20.0. The summed E-state index contributed by atoms with van der Waals surface area (Å²) in [6.45, 7) is -0.398. The van der Waals surface area contributed by atoms with Crippen LogP contribution in [-0.4, -0.2) is 31.1 Å². The molecule has 10 heteroatoms. The lowest BCUT2D eigenvalue weighted by Gasteiger charge is -2.04. The minimum Gasteiger partial charge on any atom is -0.270 e. The first kappa shape index (κ1) is 15.0. The van der Waals surface area contributed by atoms with E-state index >= 15 is 0 Å². The number of benzene rings is 1. The number of nitro groups is 2. The van der Waals surface area contributed by atoms with Crippen molar-refractivity contribution in [3.8, 4) is 0 Å². The standard InChI is InChI=1S/C9H10N2O7S/c1-19(16,17)18-6-5-7-8(10(12)13)3-2-4-9(7)11(14)15/h2-4H,5-6H2,1H3. The van der Waals surface area contributed by atoms with Gasteiger partial charge in [0.05, 0.1) is 22.7 Å². The first-order chi connectivity index (χ1) is 8.72. The lowest BCUT2D eigenvalue weighted by atomic mass is 10.1. The largest absolute Gasteiger partial charge is 0.279 e. The summed E-state index contributed by atoms with van der Waals surface area (Å²) in [5.74, 6) is 0. The molecule has 0 atom stereocenters. The molecule has 0 amide bonds. The van der Waals surface area contributed by atoms with Crippen LogP contribution in [0.4, 0.5) is 11.4 Å². The van der Waals surface area contributed by atoms with E-state index in [9.17, 15) is 28.6 Å². The summed E-state index contributed by atoms with van der Waals surface area (Å²) < 4.78 is 26.0. The zero-order valence-electron chi connectivity index (χ0n) is 9.81. The summed E-state index contributed by atoms with van der Waals surface area (Å²) in [7, 11) is -3.70. The van der Waals surface area contributed by atoms with E-state index in [1.165, 1.54) is 6.07 Å². The normalized spacial score (nSPS) is 11.2. The molecule has 0 radical (unpaired) electrons. The van der Waals surface area contributed by atoms with Gasteiger partial charge in [-0.15, -0.1) is 0 Å². The smallest absolute Gasteiger partial charge is 0.270 e. The van der Waals surface area contributed by atoms with Gasteiger partial charge in [0.15, 0.2) is 0 Å². The molecule has 9 nitrogen and oxygen atoms in total. The maximum atomic E-state index is 10.8. The molecular formula is C9H10N2O7S. The van der Waals surface area contributed by atoms with E-state index < -0.39 is 37.9 Å². The average Bonchev–Trinajstić information content (AvgIpc) is 2.26. The van der Waals surface area contributed by atoms with Gasteiger partial charge in [-0.25, -0.2) is 0 Å². The summed E-state index contributed by atoms with van der Waals surface area (Å²) in [6.07, 6.45) is 0.571. The van der Waals surface area contributed by atoms with Gasteiger partial charge in [0.2, 0.25) is 0 Å². The topological polar surface area (TPSA) is 130 Å². The van der Waals surface area contributed by atoms with Gasteiger partial charge in [-0.3, -0.25) is 24.4 Å². The van der Waals surface area contributed by atoms with E-state index in [1.54, 1.807) is 0 Å². The van der Waals surface area contributed by atoms with Crippen LogP contribution in [0.3, 0.4) is 0 Å². The zero-order valence-corrected chi connectivity index (χ0v) is 10.6. The maximum absolute atomic E-state index is 10.8. The second kappa shape index (κ2) is 5.71. The molecule has 0 saturated heterocycles. The van der Waals surface area contributed by atoms with Crippen LogP contribution in [0, 0.1) is 20.2 Å². The van der Waals surface area contributed by atoms with Crippen LogP contribution in [-0.2, 0) is 20.7 Å². The fourth-order valence-corrected chi connectivity index (χ4v) is 1.84. The van der Waals surface area contributed by atoms with E-state index in [4.69, 9.17) is 0 Å². The second-order valence-electron chi connectivity index (χ2n) is 3.57. The van der Waals surface area contributed by atoms with E-state index in [2.05, 4.69) is 4.18 Å². The van der Waals surface area contributed by atoms with Gasteiger partial charge < -0.3 is 0 Å². The molecule has 0 N–H and O–H groups in total. The van der Waals surface area contributed by atoms with Crippen molar-refractivity contribution < 1.29 is 22.4 Å². The maximum Gasteiger partial charge on any atom is 0.279 e. The highest BCUT2D eigenvalue weighted by Crippen LogP contribution is 2.28. The van der Waals surface area contributed by atoms with Crippen molar-refractivity contribution in [1.82, 2.24) is 0 Å². The molecule has 0 aliphatic carbocycles. The molecule has 1 aromatic rings. The second-order valence-corrected chi connectivity index (χ2v) is 5.21. The minimum atomic E-state index is -3.70. The van der Waals surface area contributed by atoms with Crippen LogP contribution in [0.15, 0.2) is 18.2 Å². The van der Waals surface area contributed by atoms with E-state index in [0.717, 1.165) is 18.4 Å². The molecule has 0 saturated carbocycles. The van der Waals surface area contributed by atoms with Crippen molar-refractivity contribution in [3.63, 3.8) is 0 Å². The molecule has 0 unspecified atom stereocenters. The minimum absolute atomic E-state index is 0.166. The molecular weight excluding hydrogens is 280 g/mol. The Labute approximate surface area is 108 Å². The predicted molar refractivity (Wildman–Crippen MR) is 64.3 cm³/mol. The fraction of sp³-hybridized carbons (Fsp3) is 0.333. The molecule has 1 aromatic carbocycles. The van der Waals surface area contributed by atoms with Crippen molar-refractivity contribution in [1.29, 1.82) is 0 Å². The van der Waals surface area contributed by atoms with Crippen molar-refractivity contribution in [2.24, 2.45) is 0 Å². The Kier molecular flexibility index (Phi) is 4.51. The Bertz CT molecular complexity index is 579. The van der Waals surface area contributed by atoms with Gasteiger partial charge in [-0.1, -0.05) is 0 Å². The van der Waals surface area contributed by atoms with Crippen LogP contribution < -0.4 is 0 Å². The summed E-state index contributed by atoms with van der Waals surface area (Å²) >= 11 is 0. The third-order valence-electron chi connectivity index (χ3n) is 2.17. The molecule has 0 fully saturated rings. The predicted octanol–water partition coefficient (Wildman–Crippen LogP) is 1.02. The van der Waals surface area contributed by atoms with Crippen LogP contribution in [0.5, 0.6) is 0 Å². The molecule has 0 bridgehead atoms.